The van der Waals surface area contributed by atoms with Crippen LogP contribution >= 0.6 is 0 Å². The topological polar surface area (TPSA) is 88.8 Å². The molecule has 150 valence electrons. The first kappa shape index (κ1) is 18.2. The van der Waals surface area contributed by atoms with Gasteiger partial charge in [-0.05, 0) is 36.4 Å². The van der Waals surface area contributed by atoms with Gasteiger partial charge in [0.05, 0.1) is 11.4 Å². The zero-order chi connectivity index (χ0) is 20.3. The molecule has 4 heterocycles. The Labute approximate surface area is 173 Å². The predicted octanol–water partition coefficient (Wildman–Crippen LogP) is 3.07. The number of rotatable bonds is 4. The molecule has 0 saturated carbocycles. The molecule has 3 aromatic heterocycles. The summed E-state index contributed by atoms with van der Waals surface area (Å²) in [5, 5.41) is 3.98. The molecule has 0 spiro atoms. The van der Waals surface area contributed by atoms with Crippen molar-refractivity contribution in [2.45, 2.75) is 12.8 Å². The Morgan fingerprint density at radius 1 is 1.00 bits per heavy atom. The van der Waals surface area contributed by atoms with Gasteiger partial charge in [0.15, 0.2) is 0 Å². The fourth-order valence-electron chi connectivity index (χ4n) is 3.90. The van der Waals surface area contributed by atoms with E-state index in [0.717, 1.165) is 41.9 Å². The zero-order valence-corrected chi connectivity index (χ0v) is 16.3. The van der Waals surface area contributed by atoms with Gasteiger partial charge in [-0.2, -0.15) is 0 Å². The summed E-state index contributed by atoms with van der Waals surface area (Å²) in [6, 6.07) is 14.0. The van der Waals surface area contributed by atoms with Crippen LogP contribution in [0.1, 0.15) is 12.8 Å². The third kappa shape index (κ3) is 3.59. The van der Waals surface area contributed by atoms with Gasteiger partial charge in [0.1, 0.15) is 18.0 Å². The summed E-state index contributed by atoms with van der Waals surface area (Å²) in [6.45, 7) is 1.45. The lowest BCUT2D eigenvalue weighted by Gasteiger charge is -2.32. The van der Waals surface area contributed by atoms with E-state index in [9.17, 15) is 4.79 Å². The van der Waals surface area contributed by atoms with Crippen LogP contribution in [0.25, 0.3) is 16.7 Å². The highest BCUT2D eigenvalue weighted by Gasteiger charge is 2.27. The van der Waals surface area contributed by atoms with E-state index in [0.29, 0.717) is 12.5 Å². The number of piperidine rings is 1. The van der Waals surface area contributed by atoms with Crippen molar-refractivity contribution >= 4 is 28.6 Å². The Morgan fingerprint density at radius 2 is 1.83 bits per heavy atom. The molecule has 0 radical (unpaired) electrons. The van der Waals surface area contributed by atoms with E-state index in [1.807, 2.05) is 24.4 Å². The van der Waals surface area contributed by atoms with E-state index in [1.165, 1.54) is 0 Å². The zero-order valence-electron chi connectivity index (χ0n) is 16.3. The number of carbonyl (C=O) groups is 1. The average molecular weight is 399 g/mol. The minimum absolute atomic E-state index is 0.0587. The van der Waals surface area contributed by atoms with Gasteiger partial charge in [-0.1, -0.05) is 18.2 Å². The predicted molar refractivity (Wildman–Crippen MR) is 114 cm³/mol. The average Bonchev–Trinajstić information content (AvgIpc) is 3.24. The molecular weight excluding hydrogens is 378 g/mol. The van der Waals surface area contributed by atoms with Crippen LogP contribution in [0.15, 0.2) is 67.4 Å². The molecule has 0 unspecified atom stereocenters. The van der Waals surface area contributed by atoms with Crippen LogP contribution in [0.3, 0.4) is 0 Å². The van der Waals surface area contributed by atoms with E-state index in [2.05, 4.69) is 52.9 Å². The van der Waals surface area contributed by atoms with Crippen LogP contribution in [0.5, 0.6) is 0 Å². The molecule has 5 rings (SSSR count). The molecule has 30 heavy (non-hydrogen) atoms. The summed E-state index contributed by atoms with van der Waals surface area (Å²) in [5.74, 6) is 1.77. The monoisotopic (exact) mass is 399 g/mol. The first-order valence-electron chi connectivity index (χ1n) is 9.99. The van der Waals surface area contributed by atoms with E-state index < -0.39 is 0 Å². The highest BCUT2D eigenvalue weighted by molar-refractivity contribution is 5.91. The number of carbonyl (C=O) groups excluding carboxylic acids is 1. The highest BCUT2D eigenvalue weighted by atomic mass is 16.2. The van der Waals surface area contributed by atoms with Crippen LogP contribution in [-0.4, -0.2) is 43.5 Å². The Morgan fingerprint density at radius 3 is 2.73 bits per heavy atom. The lowest BCUT2D eigenvalue weighted by molar-refractivity contribution is -0.120. The third-order valence-electron chi connectivity index (χ3n) is 5.40. The second-order valence-corrected chi connectivity index (χ2v) is 7.33. The molecule has 1 aromatic carbocycles. The minimum atomic E-state index is -0.145. The first-order valence-corrected chi connectivity index (χ1v) is 9.99. The second kappa shape index (κ2) is 7.90. The van der Waals surface area contributed by atoms with Gasteiger partial charge in [0.25, 0.3) is 0 Å². The molecule has 1 saturated heterocycles. The maximum atomic E-state index is 12.7. The molecular formula is C22H21N7O. The van der Waals surface area contributed by atoms with Crippen molar-refractivity contribution in [1.29, 1.82) is 0 Å². The number of benzene rings is 1. The summed E-state index contributed by atoms with van der Waals surface area (Å²) in [4.78, 5) is 31.9. The summed E-state index contributed by atoms with van der Waals surface area (Å²) < 4.78 is 2.06. The van der Waals surface area contributed by atoms with Gasteiger partial charge >= 0.3 is 0 Å². The van der Waals surface area contributed by atoms with Crippen molar-refractivity contribution in [2.75, 3.05) is 23.3 Å². The molecule has 4 aromatic rings. The summed E-state index contributed by atoms with van der Waals surface area (Å²) >= 11 is 0. The Hall–Kier alpha value is -3.81. The van der Waals surface area contributed by atoms with Crippen molar-refractivity contribution < 1.29 is 4.79 Å². The van der Waals surface area contributed by atoms with Crippen molar-refractivity contribution in [3.8, 4) is 5.82 Å². The number of fused-ring (bicyclic) bond motifs is 1. The maximum absolute atomic E-state index is 12.7. The van der Waals surface area contributed by atoms with Crippen molar-refractivity contribution in [3.63, 3.8) is 0 Å². The van der Waals surface area contributed by atoms with E-state index in [4.69, 9.17) is 0 Å². The summed E-state index contributed by atoms with van der Waals surface area (Å²) in [6.07, 6.45) is 8.57. The van der Waals surface area contributed by atoms with Crippen LogP contribution in [-0.2, 0) is 4.79 Å². The number of amides is 1. The Kier molecular flexibility index (Phi) is 4.80. The van der Waals surface area contributed by atoms with Gasteiger partial charge in [0.2, 0.25) is 11.9 Å². The maximum Gasteiger partial charge on any atom is 0.231 e. The van der Waals surface area contributed by atoms with Gasteiger partial charge in [-0.15, -0.1) is 0 Å². The van der Waals surface area contributed by atoms with E-state index in [-0.39, 0.29) is 11.8 Å². The van der Waals surface area contributed by atoms with Crippen LogP contribution in [0.4, 0.5) is 11.8 Å². The van der Waals surface area contributed by atoms with Crippen molar-refractivity contribution in [1.82, 2.24) is 24.5 Å². The fourth-order valence-corrected chi connectivity index (χ4v) is 3.90. The number of nitrogens with one attached hydrogen (secondary N) is 1. The molecule has 1 amide bonds. The quantitative estimate of drug-likeness (QED) is 0.567. The Balaban J connectivity index is 1.35. The molecule has 0 bridgehead atoms. The van der Waals surface area contributed by atoms with Crippen LogP contribution in [0, 0.1) is 5.92 Å². The molecule has 8 nitrogen and oxygen atoms in total. The molecule has 1 N–H and O–H groups in total. The number of para-hydroxylation sites is 1. The standard InChI is InChI=1S/C22H21N7O/c30-21(27-22-23-9-4-10-24-22)17-6-3-11-28(14-17)19-13-20(26-15-25-19)29-12-8-16-5-1-2-7-18(16)29/h1-2,4-5,7-10,12-13,15,17H,3,6,11,14H2,(H,23,24,27,30)/t17-/m0/s1. The largest absolute Gasteiger partial charge is 0.356 e. The normalized spacial score (nSPS) is 16.5. The van der Waals surface area contributed by atoms with Gasteiger partial charge in [0, 0.05) is 37.7 Å². The SMILES string of the molecule is O=C(Nc1ncccn1)[C@H]1CCCN(c2cc(-n3ccc4ccccc43)ncn2)C1. The number of hydrogen-bond acceptors (Lipinski definition) is 6. The molecule has 1 aliphatic rings. The molecule has 0 aliphatic carbocycles. The lowest BCUT2D eigenvalue weighted by atomic mass is 9.97. The Bertz CT molecular complexity index is 1170. The summed E-state index contributed by atoms with van der Waals surface area (Å²) in [7, 11) is 0. The van der Waals surface area contributed by atoms with Gasteiger partial charge in [-0.25, -0.2) is 19.9 Å². The van der Waals surface area contributed by atoms with E-state index in [1.54, 1.807) is 24.8 Å². The fraction of sp³-hybridized carbons (Fsp3) is 0.227. The second-order valence-electron chi connectivity index (χ2n) is 7.33. The molecule has 1 fully saturated rings. The summed E-state index contributed by atoms with van der Waals surface area (Å²) in [5.41, 5.74) is 1.10. The van der Waals surface area contributed by atoms with E-state index >= 15 is 0 Å². The highest BCUT2D eigenvalue weighted by Crippen LogP contribution is 2.25. The third-order valence-corrected chi connectivity index (χ3v) is 5.40. The van der Waals surface area contributed by atoms with Crippen LogP contribution < -0.4 is 10.2 Å². The number of aromatic nitrogens is 5. The number of hydrogen-bond donors (Lipinski definition) is 1. The molecule has 1 atom stereocenters. The molecule has 8 heteroatoms. The van der Waals surface area contributed by atoms with Gasteiger partial charge in [-0.3, -0.25) is 10.1 Å². The van der Waals surface area contributed by atoms with Gasteiger partial charge < -0.3 is 9.47 Å². The first-order chi connectivity index (χ1) is 14.8. The van der Waals surface area contributed by atoms with Crippen molar-refractivity contribution in [2.24, 2.45) is 5.92 Å². The van der Waals surface area contributed by atoms with Crippen LogP contribution in [0.2, 0.25) is 0 Å². The van der Waals surface area contributed by atoms with Crippen molar-refractivity contribution in [3.05, 3.63) is 67.4 Å². The minimum Gasteiger partial charge on any atom is -0.356 e. The smallest absolute Gasteiger partial charge is 0.231 e. The molecule has 1 aliphatic heterocycles. The number of anilines is 2. The number of nitrogens with zero attached hydrogens (tertiary/aromatic N) is 6. The lowest BCUT2D eigenvalue weighted by Crippen LogP contribution is -2.41.